The maximum absolute atomic E-state index is 9.85. The van der Waals surface area contributed by atoms with Gasteiger partial charge >= 0.3 is 5.95 Å². The summed E-state index contributed by atoms with van der Waals surface area (Å²) in [5.41, 5.74) is 7.45. The molecule has 0 aliphatic carbocycles. The first-order valence-corrected chi connectivity index (χ1v) is 6.52. The molecule has 1 atom stereocenters. The second-order valence-electron chi connectivity index (χ2n) is 4.85. The molecular weight excluding hydrogens is 270 g/mol. The number of aryl methyl sites for hydroxylation is 2. The molecule has 0 fully saturated rings. The second-order valence-corrected chi connectivity index (χ2v) is 4.85. The average Bonchev–Trinajstić information content (AvgIpc) is 2.76. The van der Waals surface area contributed by atoms with Crippen LogP contribution < -0.4 is 15.0 Å². The number of methoxy groups -OCH3 is 1. The topological polar surface area (TPSA) is 89.0 Å². The van der Waals surface area contributed by atoms with Crippen molar-refractivity contribution < 1.29 is 14.4 Å². The van der Waals surface area contributed by atoms with Crippen molar-refractivity contribution in [2.75, 3.05) is 12.8 Å². The molecule has 1 aromatic carbocycles. The minimum Gasteiger partial charge on any atom is -0.495 e. The lowest BCUT2D eigenvalue weighted by Crippen LogP contribution is -2.25. The zero-order valence-corrected chi connectivity index (χ0v) is 12.6. The zero-order valence-electron chi connectivity index (χ0n) is 12.6. The van der Waals surface area contributed by atoms with Crippen LogP contribution in [-0.4, -0.2) is 16.8 Å². The number of anilines is 1. The molecule has 112 valence electrons. The monoisotopic (exact) mass is 290 g/mol. The number of ether oxygens (including phenoxy) is 1. The summed E-state index contributed by atoms with van der Waals surface area (Å²) >= 11 is 0. The molecule has 0 radical (unpaired) electrons. The number of azo groups is 1. The fraction of sp³-hybridized carbons (Fsp3) is 0.357. The van der Waals surface area contributed by atoms with E-state index < -0.39 is 6.10 Å². The predicted octanol–water partition coefficient (Wildman–Crippen LogP) is 1.91. The third kappa shape index (κ3) is 3.03. The van der Waals surface area contributed by atoms with Gasteiger partial charge in [0.05, 0.1) is 45.4 Å². The molecule has 7 heteroatoms. The van der Waals surface area contributed by atoms with Crippen molar-refractivity contribution in [1.29, 1.82) is 0 Å². The van der Waals surface area contributed by atoms with Gasteiger partial charge < -0.3 is 15.6 Å². The van der Waals surface area contributed by atoms with Crippen LogP contribution in [0.25, 0.3) is 0 Å². The Hall–Kier alpha value is -2.41. The van der Waals surface area contributed by atoms with Gasteiger partial charge in [-0.1, -0.05) is 5.11 Å². The number of nitrogens with zero attached hydrogens (tertiary/aromatic N) is 4. The predicted molar refractivity (Wildman–Crippen MR) is 78.8 cm³/mol. The third-order valence-electron chi connectivity index (χ3n) is 3.22. The quantitative estimate of drug-likeness (QED) is 0.512. The molecule has 0 amide bonds. The van der Waals surface area contributed by atoms with Gasteiger partial charge in [0, 0.05) is 16.7 Å². The highest BCUT2D eigenvalue weighted by Crippen LogP contribution is 2.35. The fourth-order valence-electron chi connectivity index (χ4n) is 2.02. The SMILES string of the molecule is COc1cc(N=Nc2n(C)cc[n+]2C)c(C(C)O)cc1N. The Morgan fingerprint density at radius 2 is 2.10 bits per heavy atom. The molecular formula is C14H20N5O2+. The molecule has 0 saturated heterocycles. The van der Waals surface area contributed by atoms with Gasteiger partial charge in [0.15, 0.2) is 0 Å². The van der Waals surface area contributed by atoms with Gasteiger partial charge in [-0.25, -0.2) is 9.13 Å². The number of imidazole rings is 1. The fourth-order valence-corrected chi connectivity index (χ4v) is 2.02. The summed E-state index contributed by atoms with van der Waals surface area (Å²) in [6.45, 7) is 1.66. The normalized spacial score (nSPS) is 12.8. The maximum atomic E-state index is 9.85. The summed E-state index contributed by atoms with van der Waals surface area (Å²) in [6.07, 6.45) is 3.07. The van der Waals surface area contributed by atoms with Gasteiger partial charge in [-0.05, 0) is 13.0 Å². The van der Waals surface area contributed by atoms with Gasteiger partial charge in [0.2, 0.25) is 0 Å². The van der Waals surface area contributed by atoms with Crippen molar-refractivity contribution in [3.05, 3.63) is 30.1 Å². The number of aromatic nitrogens is 2. The van der Waals surface area contributed by atoms with Crippen molar-refractivity contribution in [2.45, 2.75) is 13.0 Å². The van der Waals surface area contributed by atoms with Crippen LogP contribution >= 0.6 is 0 Å². The number of nitrogen functional groups attached to an aromatic ring is 1. The van der Waals surface area contributed by atoms with Crippen LogP contribution in [0.3, 0.4) is 0 Å². The Labute approximate surface area is 123 Å². The molecule has 7 nitrogen and oxygen atoms in total. The van der Waals surface area contributed by atoms with Crippen LogP contribution in [0.4, 0.5) is 17.3 Å². The smallest absolute Gasteiger partial charge is 0.421 e. The minimum atomic E-state index is -0.700. The van der Waals surface area contributed by atoms with Crippen molar-refractivity contribution in [3.8, 4) is 5.75 Å². The molecule has 2 aromatic rings. The molecule has 0 aliphatic heterocycles. The molecule has 3 N–H and O–H groups in total. The van der Waals surface area contributed by atoms with E-state index >= 15 is 0 Å². The first-order chi connectivity index (χ1) is 9.93. The number of nitrogens with two attached hydrogens (primary N) is 1. The zero-order chi connectivity index (χ0) is 15.6. The van der Waals surface area contributed by atoms with Gasteiger partial charge in [-0.15, -0.1) is 0 Å². The summed E-state index contributed by atoms with van der Waals surface area (Å²) < 4.78 is 8.88. The standard InChI is InChI=1S/C14H19N5O2/c1-9(20)10-7-11(15)13(21-4)8-12(10)16-17-14-18(2)5-6-19(14)3/h5-9,15,20H,1-4H3/p+1. The van der Waals surface area contributed by atoms with Crippen LogP contribution in [0, 0.1) is 0 Å². The molecule has 1 unspecified atom stereocenters. The van der Waals surface area contributed by atoms with Crippen LogP contribution in [0.2, 0.25) is 0 Å². The molecule has 21 heavy (non-hydrogen) atoms. The summed E-state index contributed by atoms with van der Waals surface area (Å²) in [5.74, 6) is 1.19. The number of hydrogen-bond donors (Lipinski definition) is 2. The van der Waals surface area contributed by atoms with E-state index in [9.17, 15) is 5.11 Å². The number of benzene rings is 1. The Balaban J connectivity index is 2.47. The van der Waals surface area contributed by atoms with E-state index in [0.717, 1.165) is 0 Å². The van der Waals surface area contributed by atoms with E-state index in [1.165, 1.54) is 7.11 Å². The summed E-state index contributed by atoms with van der Waals surface area (Å²) in [7, 11) is 5.30. The van der Waals surface area contributed by atoms with Crippen LogP contribution in [-0.2, 0) is 14.1 Å². The molecule has 0 bridgehead atoms. The summed E-state index contributed by atoms with van der Waals surface area (Å²) in [6, 6.07) is 3.33. The minimum absolute atomic E-state index is 0.455. The maximum Gasteiger partial charge on any atom is 0.421 e. The molecule has 0 aliphatic rings. The van der Waals surface area contributed by atoms with E-state index in [4.69, 9.17) is 10.5 Å². The lowest BCUT2D eigenvalue weighted by atomic mass is 10.1. The second kappa shape index (κ2) is 5.92. The van der Waals surface area contributed by atoms with Crippen molar-refractivity contribution >= 4 is 17.3 Å². The van der Waals surface area contributed by atoms with Gasteiger partial charge in [-0.3, -0.25) is 0 Å². The molecule has 1 aromatic heterocycles. The third-order valence-corrected chi connectivity index (χ3v) is 3.22. The van der Waals surface area contributed by atoms with Crippen molar-refractivity contribution in [3.63, 3.8) is 0 Å². The van der Waals surface area contributed by atoms with Gasteiger partial charge in [0.25, 0.3) is 0 Å². The Morgan fingerprint density at radius 3 is 2.62 bits per heavy atom. The van der Waals surface area contributed by atoms with Crippen molar-refractivity contribution in [2.24, 2.45) is 24.3 Å². The molecule has 1 heterocycles. The first kappa shape index (κ1) is 15.0. The number of aliphatic hydroxyl groups is 1. The van der Waals surface area contributed by atoms with E-state index in [1.807, 2.05) is 35.6 Å². The van der Waals surface area contributed by atoms with Gasteiger partial charge in [0.1, 0.15) is 11.4 Å². The lowest BCUT2D eigenvalue weighted by molar-refractivity contribution is -0.657. The summed E-state index contributed by atoms with van der Waals surface area (Å²) in [4.78, 5) is 0. The van der Waals surface area contributed by atoms with Gasteiger partial charge in [-0.2, -0.15) is 0 Å². The number of hydrogen-bond acceptors (Lipinski definition) is 5. The van der Waals surface area contributed by atoms with Crippen LogP contribution in [0.1, 0.15) is 18.6 Å². The number of aliphatic hydroxyl groups excluding tert-OH is 1. The first-order valence-electron chi connectivity index (χ1n) is 6.52. The summed E-state index contributed by atoms with van der Waals surface area (Å²) in [5, 5.41) is 18.3. The van der Waals surface area contributed by atoms with E-state index in [1.54, 1.807) is 19.1 Å². The highest BCUT2D eigenvalue weighted by atomic mass is 16.5. The van der Waals surface area contributed by atoms with Crippen LogP contribution in [0.15, 0.2) is 34.8 Å². The Kier molecular flexibility index (Phi) is 4.23. The highest BCUT2D eigenvalue weighted by molar-refractivity contribution is 5.64. The number of rotatable bonds is 4. The van der Waals surface area contributed by atoms with E-state index in [2.05, 4.69) is 10.2 Å². The molecule has 2 rings (SSSR count). The average molecular weight is 290 g/mol. The Bertz CT molecular complexity index is 657. The Morgan fingerprint density at radius 1 is 1.38 bits per heavy atom. The lowest BCUT2D eigenvalue weighted by Gasteiger charge is -2.11. The molecule has 0 saturated carbocycles. The van der Waals surface area contributed by atoms with Crippen molar-refractivity contribution in [1.82, 2.24) is 4.57 Å². The molecule has 0 spiro atoms. The van der Waals surface area contributed by atoms with E-state index in [0.29, 0.717) is 28.6 Å². The van der Waals surface area contributed by atoms with Crippen LogP contribution in [0.5, 0.6) is 5.75 Å². The largest absolute Gasteiger partial charge is 0.495 e. The van der Waals surface area contributed by atoms with E-state index in [-0.39, 0.29) is 0 Å². The highest BCUT2D eigenvalue weighted by Gasteiger charge is 2.15.